The molecule has 0 saturated carbocycles. The van der Waals surface area contributed by atoms with E-state index in [1.807, 2.05) is 0 Å². The summed E-state index contributed by atoms with van der Waals surface area (Å²) in [6.45, 7) is 14.0. The van der Waals surface area contributed by atoms with Crippen LogP contribution in [0.25, 0.3) is 0 Å². The summed E-state index contributed by atoms with van der Waals surface area (Å²) in [5, 5.41) is 15.7. The first-order chi connectivity index (χ1) is 6.77. The van der Waals surface area contributed by atoms with Crippen LogP contribution in [0.4, 0.5) is 0 Å². The summed E-state index contributed by atoms with van der Waals surface area (Å²) in [5.74, 6) is 0. The van der Waals surface area contributed by atoms with E-state index in [4.69, 9.17) is 5.11 Å². The topological polar surface area (TPSA) is 44.3 Å². The van der Waals surface area contributed by atoms with Crippen LogP contribution in [-0.2, 0) is 0 Å². The molecule has 0 aromatic heterocycles. The molecule has 0 bridgehead atoms. The Morgan fingerprint density at radius 1 is 1.00 bits per heavy atom. The highest BCUT2D eigenvalue weighted by Gasteiger charge is 2.16. The number of hydrogen-bond acceptors (Lipinski definition) is 3. The molecule has 0 unspecified atom stereocenters. The molecule has 0 amide bonds. The van der Waals surface area contributed by atoms with Gasteiger partial charge < -0.3 is 15.7 Å². The summed E-state index contributed by atoms with van der Waals surface area (Å²) in [7, 11) is 0. The van der Waals surface area contributed by atoms with E-state index in [2.05, 4.69) is 45.3 Å². The molecule has 92 valence electrons. The molecule has 0 aromatic carbocycles. The van der Waals surface area contributed by atoms with Gasteiger partial charge in [-0.3, -0.25) is 0 Å². The molecule has 0 atom stereocenters. The van der Waals surface area contributed by atoms with E-state index >= 15 is 0 Å². The second-order valence-electron chi connectivity index (χ2n) is 5.99. The zero-order valence-electron chi connectivity index (χ0n) is 11.0. The van der Waals surface area contributed by atoms with Gasteiger partial charge in [-0.25, -0.2) is 0 Å². The monoisotopic (exact) mass is 216 g/mol. The summed E-state index contributed by atoms with van der Waals surface area (Å²) < 4.78 is 0. The third-order valence-electron chi connectivity index (χ3n) is 2.35. The largest absolute Gasteiger partial charge is 0.396 e. The minimum Gasteiger partial charge on any atom is -0.396 e. The van der Waals surface area contributed by atoms with E-state index in [0.717, 1.165) is 26.1 Å². The van der Waals surface area contributed by atoms with Crippen LogP contribution in [0, 0.1) is 5.41 Å². The van der Waals surface area contributed by atoms with Crippen molar-refractivity contribution in [1.29, 1.82) is 0 Å². The van der Waals surface area contributed by atoms with Crippen LogP contribution < -0.4 is 10.6 Å². The number of aliphatic hydroxyl groups is 1. The molecule has 0 aromatic rings. The fourth-order valence-electron chi connectivity index (χ4n) is 1.34. The first kappa shape index (κ1) is 14.9. The Balaban J connectivity index is 3.46. The molecule has 15 heavy (non-hydrogen) atoms. The zero-order chi connectivity index (χ0) is 11.9. The van der Waals surface area contributed by atoms with Crippen molar-refractivity contribution < 1.29 is 5.11 Å². The molecule has 0 saturated heterocycles. The molecule has 0 aliphatic heterocycles. The van der Waals surface area contributed by atoms with Crippen LogP contribution in [0.5, 0.6) is 0 Å². The van der Waals surface area contributed by atoms with Gasteiger partial charge in [-0.15, -0.1) is 0 Å². The predicted molar refractivity (Wildman–Crippen MR) is 66.1 cm³/mol. The van der Waals surface area contributed by atoms with Crippen molar-refractivity contribution in [3.63, 3.8) is 0 Å². The first-order valence-electron chi connectivity index (χ1n) is 5.83. The van der Waals surface area contributed by atoms with Gasteiger partial charge in [0.2, 0.25) is 0 Å². The summed E-state index contributed by atoms with van der Waals surface area (Å²) in [4.78, 5) is 0. The number of rotatable bonds is 7. The van der Waals surface area contributed by atoms with Gasteiger partial charge in [-0.1, -0.05) is 13.8 Å². The molecule has 0 spiro atoms. The Hall–Kier alpha value is -0.120. The van der Waals surface area contributed by atoms with Crippen molar-refractivity contribution >= 4 is 0 Å². The maximum Gasteiger partial charge on any atom is 0.0436 e. The standard InChI is InChI=1S/C12H28N2O/c1-11(2,3)14-8-7-13-10-12(4,5)6-9-15/h13-15H,6-10H2,1-5H3. The minimum atomic E-state index is 0.191. The zero-order valence-corrected chi connectivity index (χ0v) is 11.0. The molecule has 0 rings (SSSR count). The third-order valence-corrected chi connectivity index (χ3v) is 2.35. The summed E-state index contributed by atoms with van der Waals surface area (Å²) in [5.41, 5.74) is 0.388. The Morgan fingerprint density at radius 2 is 1.60 bits per heavy atom. The lowest BCUT2D eigenvalue weighted by molar-refractivity contribution is 0.207. The van der Waals surface area contributed by atoms with Crippen LogP contribution in [0.1, 0.15) is 41.0 Å². The minimum absolute atomic E-state index is 0.191. The van der Waals surface area contributed by atoms with Gasteiger partial charge >= 0.3 is 0 Å². The Labute approximate surface area is 94.6 Å². The SMILES string of the molecule is CC(C)(CCO)CNCCNC(C)(C)C. The van der Waals surface area contributed by atoms with Gasteiger partial charge in [-0.2, -0.15) is 0 Å². The second kappa shape index (κ2) is 6.46. The maximum atomic E-state index is 8.87. The van der Waals surface area contributed by atoms with Crippen molar-refractivity contribution in [2.45, 2.75) is 46.6 Å². The van der Waals surface area contributed by atoms with Gasteiger partial charge in [0.15, 0.2) is 0 Å². The molecule has 3 N–H and O–H groups in total. The third kappa shape index (κ3) is 10.2. The summed E-state index contributed by atoms with van der Waals surface area (Å²) in [6, 6.07) is 0. The van der Waals surface area contributed by atoms with Crippen LogP contribution in [0.15, 0.2) is 0 Å². The highest BCUT2D eigenvalue weighted by Crippen LogP contribution is 2.17. The van der Waals surface area contributed by atoms with Gasteiger partial charge in [0.05, 0.1) is 0 Å². The smallest absolute Gasteiger partial charge is 0.0436 e. The molecule has 0 fully saturated rings. The van der Waals surface area contributed by atoms with Gasteiger partial charge in [0.1, 0.15) is 0 Å². The lowest BCUT2D eigenvalue weighted by atomic mass is 9.90. The Kier molecular flexibility index (Phi) is 6.41. The average Bonchev–Trinajstić information content (AvgIpc) is 2.00. The Bertz CT molecular complexity index is 161. The van der Waals surface area contributed by atoms with E-state index in [1.54, 1.807) is 0 Å². The van der Waals surface area contributed by atoms with E-state index < -0.39 is 0 Å². The fourth-order valence-corrected chi connectivity index (χ4v) is 1.34. The second-order valence-corrected chi connectivity index (χ2v) is 5.99. The molecule has 0 aliphatic carbocycles. The number of aliphatic hydroxyl groups excluding tert-OH is 1. The molecule has 0 radical (unpaired) electrons. The van der Waals surface area contributed by atoms with Crippen LogP contribution in [-0.4, -0.2) is 36.9 Å². The molecular weight excluding hydrogens is 188 g/mol. The lowest BCUT2D eigenvalue weighted by Gasteiger charge is -2.25. The van der Waals surface area contributed by atoms with Gasteiger partial charge in [0, 0.05) is 31.8 Å². The van der Waals surface area contributed by atoms with Crippen molar-refractivity contribution in [2.24, 2.45) is 5.41 Å². The van der Waals surface area contributed by atoms with Crippen molar-refractivity contribution in [3.8, 4) is 0 Å². The predicted octanol–water partition coefficient (Wildman–Crippen LogP) is 1.37. The molecular formula is C12H28N2O. The van der Waals surface area contributed by atoms with E-state index in [1.165, 1.54) is 0 Å². The van der Waals surface area contributed by atoms with Crippen LogP contribution in [0.3, 0.4) is 0 Å². The quantitative estimate of drug-likeness (QED) is 0.563. The Morgan fingerprint density at radius 3 is 2.07 bits per heavy atom. The van der Waals surface area contributed by atoms with Gasteiger partial charge in [-0.05, 0) is 32.6 Å². The van der Waals surface area contributed by atoms with Crippen LogP contribution in [0.2, 0.25) is 0 Å². The number of nitrogens with one attached hydrogen (secondary N) is 2. The molecule has 0 heterocycles. The summed E-state index contributed by atoms with van der Waals surface area (Å²) >= 11 is 0. The highest BCUT2D eigenvalue weighted by atomic mass is 16.3. The fraction of sp³-hybridized carbons (Fsp3) is 1.00. The first-order valence-corrected chi connectivity index (χ1v) is 5.83. The number of hydrogen-bond donors (Lipinski definition) is 3. The van der Waals surface area contributed by atoms with Crippen molar-refractivity contribution in [1.82, 2.24) is 10.6 Å². The van der Waals surface area contributed by atoms with Crippen LogP contribution >= 0.6 is 0 Å². The lowest BCUT2D eigenvalue weighted by Crippen LogP contribution is -2.41. The summed E-state index contributed by atoms with van der Waals surface area (Å²) in [6.07, 6.45) is 0.854. The highest BCUT2D eigenvalue weighted by molar-refractivity contribution is 4.73. The van der Waals surface area contributed by atoms with E-state index in [0.29, 0.717) is 0 Å². The van der Waals surface area contributed by atoms with E-state index in [-0.39, 0.29) is 17.6 Å². The average molecular weight is 216 g/mol. The van der Waals surface area contributed by atoms with E-state index in [9.17, 15) is 0 Å². The molecule has 0 aliphatic rings. The molecule has 3 nitrogen and oxygen atoms in total. The van der Waals surface area contributed by atoms with Crippen molar-refractivity contribution in [3.05, 3.63) is 0 Å². The normalized spacial score (nSPS) is 13.2. The van der Waals surface area contributed by atoms with Crippen molar-refractivity contribution in [2.75, 3.05) is 26.2 Å². The maximum absolute atomic E-state index is 8.87. The van der Waals surface area contributed by atoms with Gasteiger partial charge in [0.25, 0.3) is 0 Å². The molecule has 3 heteroatoms.